The number of likely N-dealkylation sites (N-methyl/N-ethyl adjacent to an activating group) is 1. The van der Waals surface area contributed by atoms with Crippen molar-refractivity contribution < 1.29 is 5.11 Å². The van der Waals surface area contributed by atoms with Gasteiger partial charge in [-0.25, -0.2) is 0 Å². The fourth-order valence-corrected chi connectivity index (χ4v) is 3.57. The van der Waals surface area contributed by atoms with Crippen LogP contribution in [0.4, 0.5) is 0 Å². The van der Waals surface area contributed by atoms with Crippen molar-refractivity contribution in [3.8, 4) is 0 Å². The molecule has 1 saturated heterocycles. The lowest BCUT2D eigenvalue weighted by atomic mass is 10.00. The van der Waals surface area contributed by atoms with Crippen LogP contribution in [0.15, 0.2) is 60.8 Å². The van der Waals surface area contributed by atoms with Gasteiger partial charge in [-0.2, -0.15) is 0 Å². The van der Waals surface area contributed by atoms with Crippen molar-refractivity contribution in [3.05, 3.63) is 72.1 Å². The number of aliphatic hydroxyl groups excluding tert-OH is 1. The number of piperidine rings is 1. The fourth-order valence-electron chi connectivity index (χ4n) is 3.57. The van der Waals surface area contributed by atoms with E-state index in [1.54, 1.807) is 0 Å². The average Bonchev–Trinajstić information content (AvgIpc) is 2.68. The van der Waals surface area contributed by atoms with Crippen LogP contribution in [0.2, 0.25) is 0 Å². The Hall–Kier alpha value is -2.01. The molecular weight excluding hydrogens is 322 g/mol. The van der Waals surface area contributed by atoms with Gasteiger partial charge in [-0.3, -0.25) is 9.88 Å². The zero-order valence-corrected chi connectivity index (χ0v) is 15.5. The number of benzene rings is 1. The third-order valence-electron chi connectivity index (χ3n) is 5.12. The van der Waals surface area contributed by atoms with Crippen LogP contribution in [-0.2, 0) is 6.42 Å². The number of aromatic nitrogens is 1. The molecule has 0 radical (unpaired) electrons. The van der Waals surface area contributed by atoms with Crippen molar-refractivity contribution in [2.45, 2.75) is 25.0 Å². The molecule has 0 bridgehead atoms. The molecule has 1 fully saturated rings. The molecule has 0 amide bonds. The molecule has 2 atom stereocenters. The van der Waals surface area contributed by atoms with E-state index in [4.69, 9.17) is 0 Å². The Balaban J connectivity index is 1.43. The molecular formula is C22H29N3O. The largest absolute Gasteiger partial charge is 0.390 e. The summed E-state index contributed by atoms with van der Waals surface area (Å²) in [4.78, 5) is 9.00. The SMILES string of the molecule is CN(CCc1ccccn1)[C@@H]1CCN(C/C=C/c2ccccc2)C[C@H]1O. The highest BCUT2D eigenvalue weighted by molar-refractivity contribution is 5.48. The molecule has 2 aromatic rings. The monoisotopic (exact) mass is 351 g/mol. The molecule has 0 spiro atoms. The number of hydrogen-bond donors (Lipinski definition) is 1. The summed E-state index contributed by atoms with van der Waals surface area (Å²) in [5.74, 6) is 0. The number of nitrogens with zero attached hydrogens (tertiary/aromatic N) is 3. The molecule has 1 aromatic heterocycles. The molecule has 1 aromatic carbocycles. The summed E-state index contributed by atoms with van der Waals surface area (Å²) in [7, 11) is 2.11. The van der Waals surface area contributed by atoms with E-state index < -0.39 is 0 Å². The van der Waals surface area contributed by atoms with Crippen LogP contribution in [0.25, 0.3) is 6.08 Å². The van der Waals surface area contributed by atoms with Gasteiger partial charge >= 0.3 is 0 Å². The molecule has 4 heteroatoms. The van der Waals surface area contributed by atoms with E-state index in [0.29, 0.717) is 0 Å². The summed E-state index contributed by atoms with van der Waals surface area (Å²) >= 11 is 0. The van der Waals surface area contributed by atoms with E-state index in [9.17, 15) is 5.11 Å². The molecule has 138 valence electrons. The Bertz CT molecular complexity index is 674. The molecule has 1 aliphatic heterocycles. The minimum atomic E-state index is -0.303. The second kappa shape index (κ2) is 9.62. The maximum absolute atomic E-state index is 10.6. The topological polar surface area (TPSA) is 39.6 Å². The van der Waals surface area contributed by atoms with Crippen LogP contribution in [-0.4, -0.2) is 65.3 Å². The summed E-state index contributed by atoms with van der Waals surface area (Å²) in [6, 6.07) is 16.6. The first-order valence-corrected chi connectivity index (χ1v) is 9.44. The van der Waals surface area contributed by atoms with Crippen LogP contribution in [0.1, 0.15) is 17.7 Å². The molecule has 3 rings (SSSR count). The Morgan fingerprint density at radius 2 is 2.00 bits per heavy atom. The predicted molar refractivity (Wildman–Crippen MR) is 107 cm³/mol. The van der Waals surface area contributed by atoms with Gasteiger partial charge in [0.1, 0.15) is 0 Å². The second-order valence-corrected chi connectivity index (χ2v) is 7.05. The molecule has 4 nitrogen and oxygen atoms in total. The number of aliphatic hydroxyl groups is 1. The highest BCUT2D eigenvalue weighted by atomic mass is 16.3. The zero-order chi connectivity index (χ0) is 18.2. The first-order valence-electron chi connectivity index (χ1n) is 9.44. The lowest BCUT2D eigenvalue weighted by molar-refractivity contribution is -0.00000550. The van der Waals surface area contributed by atoms with Crippen LogP contribution in [0, 0.1) is 0 Å². The zero-order valence-electron chi connectivity index (χ0n) is 15.5. The number of hydrogen-bond acceptors (Lipinski definition) is 4. The molecule has 1 aliphatic rings. The normalized spacial score (nSPS) is 21.5. The minimum absolute atomic E-state index is 0.230. The van der Waals surface area contributed by atoms with Crippen molar-refractivity contribution in [2.24, 2.45) is 0 Å². The lowest BCUT2D eigenvalue weighted by Crippen LogP contribution is -2.53. The highest BCUT2D eigenvalue weighted by Gasteiger charge is 2.29. The smallest absolute Gasteiger partial charge is 0.0822 e. The Morgan fingerprint density at radius 1 is 1.19 bits per heavy atom. The molecule has 0 aliphatic carbocycles. The molecule has 0 saturated carbocycles. The average molecular weight is 351 g/mol. The number of β-amino-alcohol motifs (C(OH)–C–C–N with tert-alkyl or cyclic N) is 1. The first-order chi connectivity index (χ1) is 12.7. The first kappa shape index (κ1) is 18.8. The van der Waals surface area contributed by atoms with E-state index in [1.807, 2.05) is 24.4 Å². The van der Waals surface area contributed by atoms with Crippen molar-refractivity contribution in [3.63, 3.8) is 0 Å². The van der Waals surface area contributed by atoms with Gasteiger partial charge in [-0.1, -0.05) is 48.6 Å². The standard InChI is InChI=1S/C22H29N3O/c1-24(16-12-20-11-5-6-14-23-20)21-13-17-25(18-22(21)26)15-7-10-19-8-3-2-4-9-19/h2-11,14,21-22,26H,12-13,15-18H2,1H3/b10-7+/t21-,22-/m1/s1. The maximum atomic E-state index is 10.6. The van der Waals surface area contributed by atoms with E-state index in [2.05, 4.69) is 64.3 Å². The number of pyridine rings is 1. The van der Waals surface area contributed by atoms with Crippen LogP contribution >= 0.6 is 0 Å². The highest BCUT2D eigenvalue weighted by Crippen LogP contribution is 2.17. The molecule has 26 heavy (non-hydrogen) atoms. The molecule has 2 heterocycles. The third-order valence-corrected chi connectivity index (χ3v) is 5.12. The minimum Gasteiger partial charge on any atom is -0.390 e. The summed E-state index contributed by atoms with van der Waals surface area (Å²) in [5.41, 5.74) is 2.33. The van der Waals surface area contributed by atoms with Gasteiger partial charge in [-0.05, 0) is 31.2 Å². The van der Waals surface area contributed by atoms with Gasteiger partial charge in [0.2, 0.25) is 0 Å². The summed E-state index contributed by atoms with van der Waals surface area (Å²) < 4.78 is 0. The predicted octanol–water partition coefficient (Wildman–Crippen LogP) is 2.70. The Kier molecular flexibility index (Phi) is 6.95. The molecule has 0 unspecified atom stereocenters. The van der Waals surface area contributed by atoms with Crippen molar-refractivity contribution in [2.75, 3.05) is 33.2 Å². The Labute approximate surface area is 156 Å². The van der Waals surface area contributed by atoms with Crippen molar-refractivity contribution in [1.82, 2.24) is 14.8 Å². The summed E-state index contributed by atoms with van der Waals surface area (Å²) in [6.45, 7) is 3.56. The summed E-state index contributed by atoms with van der Waals surface area (Å²) in [6.07, 6.45) is 7.79. The number of rotatable bonds is 7. The quantitative estimate of drug-likeness (QED) is 0.833. The maximum Gasteiger partial charge on any atom is 0.0822 e. The van der Waals surface area contributed by atoms with Gasteiger partial charge in [0.25, 0.3) is 0 Å². The lowest BCUT2D eigenvalue weighted by Gasteiger charge is -2.40. The van der Waals surface area contributed by atoms with Crippen molar-refractivity contribution >= 4 is 6.08 Å². The van der Waals surface area contributed by atoms with Gasteiger partial charge < -0.3 is 10.0 Å². The van der Waals surface area contributed by atoms with Crippen LogP contribution in [0.5, 0.6) is 0 Å². The number of likely N-dealkylation sites (tertiary alicyclic amines) is 1. The molecule has 1 N–H and O–H groups in total. The van der Waals surface area contributed by atoms with Gasteiger partial charge in [-0.15, -0.1) is 0 Å². The third kappa shape index (κ3) is 5.49. The van der Waals surface area contributed by atoms with E-state index >= 15 is 0 Å². The summed E-state index contributed by atoms with van der Waals surface area (Å²) in [5, 5.41) is 10.6. The van der Waals surface area contributed by atoms with Crippen molar-refractivity contribution in [1.29, 1.82) is 0 Å². The van der Waals surface area contributed by atoms with E-state index in [1.165, 1.54) is 5.56 Å². The van der Waals surface area contributed by atoms with E-state index in [0.717, 1.165) is 44.7 Å². The van der Waals surface area contributed by atoms with Crippen LogP contribution in [0.3, 0.4) is 0 Å². The second-order valence-electron chi connectivity index (χ2n) is 7.05. The fraction of sp³-hybridized carbons (Fsp3) is 0.409. The Morgan fingerprint density at radius 3 is 2.73 bits per heavy atom. The van der Waals surface area contributed by atoms with Gasteiger partial charge in [0.15, 0.2) is 0 Å². The van der Waals surface area contributed by atoms with E-state index in [-0.39, 0.29) is 12.1 Å². The van der Waals surface area contributed by atoms with Crippen LogP contribution < -0.4 is 0 Å². The van der Waals surface area contributed by atoms with Gasteiger partial charge in [0.05, 0.1) is 6.10 Å². The van der Waals surface area contributed by atoms with Gasteiger partial charge in [0, 0.05) is 50.5 Å².